The number of carbonyl (C=O) groups excluding carboxylic acids is 2. The Kier molecular flexibility index (Phi) is 5.41. The number of carboxylic acid groups (broad SMARTS) is 1. The number of allylic oxidation sites excluding steroid dienone is 1. The molecule has 10 heteroatoms. The number of aliphatic hydroxyl groups is 1. The van der Waals surface area contributed by atoms with E-state index in [-0.39, 0.29) is 29.7 Å². The Morgan fingerprint density at radius 3 is 2.83 bits per heavy atom. The molecule has 5 atom stereocenters. The number of rotatable bonds is 6. The molecule has 186 valence electrons. The monoisotopic (exact) mass is 485 g/mol. The molecular weight excluding hydrogens is 458 g/mol. The lowest BCUT2D eigenvalue weighted by Gasteiger charge is -2.61. The lowest BCUT2D eigenvalue weighted by molar-refractivity contribution is -0.172. The predicted molar refractivity (Wildman–Crippen MR) is 120 cm³/mol. The summed E-state index contributed by atoms with van der Waals surface area (Å²) in [5.41, 5.74) is -0.422. The highest BCUT2D eigenvalue weighted by molar-refractivity contribution is 5.87. The average molecular weight is 485 g/mol. The van der Waals surface area contributed by atoms with Gasteiger partial charge in [0.05, 0.1) is 17.4 Å². The first-order valence-corrected chi connectivity index (χ1v) is 11.5. The van der Waals surface area contributed by atoms with Gasteiger partial charge in [-0.05, 0) is 51.1 Å². The summed E-state index contributed by atoms with van der Waals surface area (Å²) in [6.07, 6.45) is 2.05. The van der Waals surface area contributed by atoms with Gasteiger partial charge in [0.15, 0.2) is 17.6 Å². The summed E-state index contributed by atoms with van der Waals surface area (Å²) in [5.74, 6) is -2.90. The summed E-state index contributed by atoms with van der Waals surface area (Å²) >= 11 is 0. The van der Waals surface area contributed by atoms with Gasteiger partial charge >= 0.3 is 17.9 Å². The number of likely N-dealkylation sites (tertiary alicyclic amines) is 1. The standard InChI is InChI=1S/C25H27NO9/c1-3-4-18(28)34-16(23(30)31)12-19(29)33-15-7-8-25(32)17-11-13-5-6-14(27)21-20(13)24(25,22(15)35-21)9-10-26(17)2/h3-7,16-17,22,27,32H,8-12H2,1-2H3,(H,30,31)/b4-3+/t16-,17+,22?,24?,25+/m0/s1. The lowest BCUT2D eigenvalue weighted by Crippen LogP contribution is -2.74. The van der Waals surface area contributed by atoms with E-state index in [1.54, 1.807) is 19.1 Å². The molecular formula is C25H27NO9. The Morgan fingerprint density at radius 2 is 2.11 bits per heavy atom. The van der Waals surface area contributed by atoms with Gasteiger partial charge in [0, 0.05) is 24.1 Å². The SMILES string of the molecule is C/C=C/C(=O)O[C@@H](CC(=O)OC1=CC[C@@]2(O)[C@H]3Cc4ccc(O)c5c4C2(CCN3C)C1O5)C(=O)O. The van der Waals surface area contributed by atoms with Crippen LogP contribution in [0.1, 0.15) is 37.3 Å². The van der Waals surface area contributed by atoms with Crippen molar-refractivity contribution in [2.24, 2.45) is 0 Å². The van der Waals surface area contributed by atoms with Gasteiger partial charge in [-0.15, -0.1) is 0 Å². The van der Waals surface area contributed by atoms with Crippen molar-refractivity contribution in [1.82, 2.24) is 4.90 Å². The van der Waals surface area contributed by atoms with Crippen LogP contribution in [0.15, 0.2) is 36.1 Å². The molecule has 1 aromatic carbocycles. The second-order valence-electron chi connectivity index (χ2n) is 9.54. The quantitative estimate of drug-likeness (QED) is 0.397. The van der Waals surface area contributed by atoms with E-state index in [4.69, 9.17) is 14.2 Å². The van der Waals surface area contributed by atoms with Crippen molar-refractivity contribution in [1.29, 1.82) is 0 Å². The predicted octanol–water partition coefficient (Wildman–Crippen LogP) is 1.18. The zero-order valence-corrected chi connectivity index (χ0v) is 19.4. The molecule has 2 unspecified atom stereocenters. The van der Waals surface area contributed by atoms with E-state index in [1.165, 1.54) is 6.08 Å². The van der Waals surface area contributed by atoms with Gasteiger partial charge in [0.1, 0.15) is 5.76 Å². The maximum absolute atomic E-state index is 12.7. The van der Waals surface area contributed by atoms with Crippen LogP contribution in [0.25, 0.3) is 0 Å². The first kappa shape index (κ1) is 23.4. The number of phenols is 1. The molecule has 1 saturated heterocycles. The first-order chi connectivity index (χ1) is 16.6. The minimum Gasteiger partial charge on any atom is -0.504 e. The molecule has 2 heterocycles. The highest BCUT2D eigenvalue weighted by Gasteiger charge is 2.72. The van der Waals surface area contributed by atoms with Gasteiger partial charge in [0.2, 0.25) is 6.10 Å². The molecule has 0 amide bonds. The zero-order chi connectivity index (χ0) is 25.1. The van der Waals surface area contributed by atoms with E-state index in [0.29, 0.717) is 19.4 Å². The van der Waals surface area contributed by atoms with E-state index >= 15 is 0 Å². The van der Waals surface area contributed by atoms with Gasteiger partial charge in [-0.3, -0.25) is 4.79 Å². The summed E-state index contributed by atoms with van der Waals surface area (Å²) in [7, 11) is 1.97. The maximum atomic E-state index is 12.7. The van der Waals surface area contributed by atoms with Crippen LogP contribution in [-0.4, -0.2) is 75.6 Å². The van der Waals surface area contributed by atoms with Crippen molar-refractivity contribution >= 4 is 17.9 Å². The number of aromatic hydroxyl groups is 1. The van der Waals surface area contributed by atoms with Crippen molar-refractivity contribution in [3.05, 3.63) is 47.2 Å². The fourth-order valence-corrected chi connectivity index (χ4v) is 6.26. The molecule has 1 fully saturated rings. The third kappa shape index (κ3) is 3.27. The molecule has 0 radical (unpaired) electrons. The van der Waals surface area contributed by atoms with Gasteiger partial charge < -0.3 is 34.4 Å². The number of aliphatic carboxylic acids is 1. The molecule has 4 aliphatic rings. The molecule has 0 saturated carbocycles. The Bertz CT molecular complexity index is 1170. The number of phenolic OH excluding ortho intramolecular Hbond substituents is 1. The Hall–Kier alpha value is -3.37. The Labute approximate surface area is 201 Å². The number of nitrogens with zero attached hydrogens (tertiary/aromatic N) is 1. The number of hydrogen-bond acceptors (Lipinski definition) is 9. The van der Waals surface area contributed by atoms with Gasteiger partial charge in [-0.2, -0.15) is 0 Å². The van der Waals surface area contributed by atoms with Crippen LogP contribution in [0, 0.1) is 0 Å². The van der Waals surface area contributed by atoms with Gasteiger partial charge in [-0.25, -0.2) is 9.59 Å². The summed E-state index contributed by atoms with van der Waals surface area (Å²) in [5, 5.41) is 32.0. The minimum absolute atomic E-state index is 0.0558. The summed E-state index contributed by atoms with van der Waals surface area (Å²) < 4.78 is 16.6. The van der Waals surface area contributed by atoms with Crippen LogP contribution < -0.4 is 4.74 Å². The van der Waals surface area contributed by atoms with E-state index in [9.17, 15) is 29.7 Å². The molecule has 10 nitrogen and oxygen atoms in total. The smallest absolute Gasteiger partial charge is 0.345 e. The number of likely N-dealkylation sites (N-methyl/N-ethyl adjacent to an activating group) is 1. The maximum Gasteiger partial charge on any atom is 0.345 e. The normalized spacial score (nSPS) is 31.2. The molecule has 3 N–H and O–H groups in total. The lowest BCUT2D eigenvalue weighted by atomic mass is 9.50. The van der Waals surface area contributed by atoms with Crippen LogP contribution in [0.3, 0.4) is 0 Å². The van der Waals surface area contributed by atoms with Crippen molar-refractivity contribution < 1.29 is 43.9 Å². The third-order valence-electron chi connectivity index (χ3n) is 7.77. The summed E-state index contributed by atoms with van der Waals surface area (Å²) in [6, 6.07) is 3.21. The zero-order valence-electron chi connectivity index (χ0n) is 19.4. The first-order valence-electron chi connectivity index (χ1n) is 11.5. The molecule has 1 spiro atoms. The minimum atomic E-state index is -1.72. The third-order valence-corrected chi connectivity index (χ3v) is 7.77. The number of piperidine rings is 1. The van der Waals surface area contributed by atoms with E-state index < -0.39 is 47.6 Å². The van der Waals surface area contributed by atoms with E-state index in [1.807, 2.05) is 13.1 Å². The molecule has 5 rings (SSSR count). The number of carboxylic acids is 1. The molecule has 35 heavy (non-hydrogen) atoms. The number of ether oxygens (including phenoxy) is 3. The fraction of sp³-hybridized carbons (Fsp3) is 0.480. The molecule has 2 aliphatic carbocycles. The van der Waals surface area contributed by atoms with Crippen LogP contribution in [0.2, 0.25) is 0 Å². The van der Waals surface area contributed by atoms with E-state index in [0.717, 1.165) is 17.2 Å². The second kappa shape index (κ2) is 8.10. The number of benzene rings is 1. The second-order valence-corrected chi connectivity index (χ2v) is 9.54. The summed E-state index contributed by atoms with van der Waals surface area (Å²) in [4.78, 5) is 38.1. The van der Waals surface area contributed by atoms with Crippen LogP contribution >= 0.6 is 0 Å². The van der Waals surface area contributed by atoms with Crippen molar-refractivity contribution in [2.75, 3.05) is 13.6 Å². The van der Waals surface area contributed by atoms with Crippen LogP contribution in [0.5, 0.6) is 11.5 Å². The Morgan fingerprint density at radius 1 is 1.34 bits per heavy atom. The molecule has 2 aliphatic heterocycles. The fourth-order valence-electron chi connectivity index (χ4n) is 6.26. The van der Waals surface area contributed by atoms with Crippen molar-refractivity contribution in [2.45, 2.75) is 61.9 Å². The molecule has 0 aromatic heterocycles. The highest BCUT2D eigenvalue weighted by atomic mass is 16.6. The van der Waals surface area contributed by atoms with Gasteiger partial charge in [0.25, 0.3) is 0 Å². The number of hydrogen-bond donors (Lipinski definition) is 3. The largest absolute Gasteiger partial charge is 0.504 e. The average Bonchev–Trinajstić information content (AvgIpc) is 3.15. The Balaban J connectivity index is 1.46. The molecule has 1 aromatic rings. The van der Waals surface area contributed by atoms with Crippen LogP contribution in [-0.2, 0) is 35.7 Å². The van der Waals surface area contributed by atoms with Crippen molar-refractivity contribution in [3.63, 3.8) is 0 Å². The van der Waals surface area contributed by atoms with Crippen molar-refractivity contribution in [3.8, 4) is 11.5 Å². The number of carbonyl (C=O) groups is 3. The topological polar surface area (TPSA) is 143 Å². The van der Waals surface area contributed by atoms with Crippen LogP contribution in [0.4, 0.5) is 0 Å². The van der Waals surface area contributed by atoms with E-state index in [2.05, 4.69) is 4.90 Å². The highest BCUT2D eigenvalue weighted by Crippen LogP contribution is 2.65. The molecule has 2 bridgehead atoms. The van der Waals surface area contributed by atoms with Gasteiger partial charge in [-0.1, -0.05) is 12.1 Å². The summed E-state index contributed by atoms with van der Waals surface area (Å²) in [6.45, 7) is 2.24. The number of esters is 2.